The van der Waals surface area contributed by atoms with Crippen LogP contribution in [0.15, 0.2) is 18.5 Å². The van der Waals surface area contributed by atoms with Crippen LogP contribution in [0, 0.1) is 0 Å². The molecule has 2 aromatic rings. The molecule has 0 bridgehead atoms. The molecule has 0 spiro atoms. The molecule has 9 heteroatoms. The second kappa shape index (κ2) is 7.81. The molecule has 0 aromatic carbocycles. The topological polar surface area (TPSA) is 108 Å². The van der Waals surface area contributed by atoms with Crippen molar-refractivity contribution in [1.29, 1.82) is 0 Å². The number of piperidine rings is 1. The first kappa shape index (κ1) is 17.6. The lowest BCUT2D eigenvalue weighted by Gasteiger charge is -2.34. The number of methoxy groups -OCH3 is 1. The first-order chi connectivity index (χ1) is 13.2. The van der Waals surface area contributed by atoms with E-state index in [4.69, 9.17) is 4.74 Å². The van der Waals surface area contributed by atoms with E-state index < -0.39 is 0 Å². The lowest BCUT2D eigenvalue weighted by Crippen LogP contribution is -2.50. The van der Waals surface area contributed by atoms with Gasteiger partial charge in [-0.15, -0.1) is 0 Å². The van der Waals surface area contributed by atoms with Crippen molar-refractivity contribution in [3.63, 3.8) is 0 Å². The maximum atomic E-state index is 12.6. The van der Waals surface area contributed by atoms with E-state index in [0.717, 1.165) is 45.2 Å². The van der Waals surface area contributed by atoms with Gasteiger partial charge >= 0.3 is 6.03 Å². The summed E-state index contributed by atoms with van der Waals surface area (Å²) in [6.45, 7) is 1.44. The predicted molar refractivity (Wildman–Crippen MR) is 99.7 cm³/mol. The largest absolute Gasteiger partial charge is 0.481 e. The Labute approximate surface area is 157 Å². The molecule has 2 aromatic heterocycles. The Morgan fingerprint density at radius 2 is 2.15 bits per heavy atom. The molecule has 9 nitrogen and oxygen atoms in total. The third kappa shape index (κ3) is 4.12. The van der Waals surface area contributed by atoms with Crippen LogP contribution < -0.4 is 15.4 Å². The molecule has 2 amide bonds. The van der Waals surface area contributed by atoms with E-state index in [1.165, 1.54) is 11.3 Å². The van der Waals surface area contributed by atoms with Crippen LogP contribution in [0.5, 0.6) is 5.88 Å². The van der Waals surface area contributed by atoms with Gasteiger partial charge in [-0.25, -0.2) is 9.78 Å². The molecule has 1 fully saturated rings. The maximum Gasteiger partial charge on any atom is 0.317 e. The van der Waals surface area contributed by atoms with Gasteiger partial charge in [0.15, 0.2) is 0 Å². The minimum absolute atomic E-state index is 0.0306. The number of hydrogen-bond acceptors (Lipinski definition) is 6. The smallest absolute Gasteiger partial charge is 0.317 e. The van der Waals surface area contributed by atoms with Crippen LogP contribution in [0.2, 0.25) is 0 Å². The molecule has 27 heavy (non-hydrogen) atoms. The summed E-state index contributed by atoms with van der Waals surface area (Å²) in [6, 6.07) is 2.19. The number of likely N-dealkylation sites (tertiary alicyclic amines) is 1. The van der Waals surface area contributed by atoms with Crippen molar-refractivity contribution >= 4 is 12.0 Å². The number of urea groups is 1. The fraction of sp³-hybridized carbons (Fsp3) is 0.556. The average molecular weight is 371 g/mol. The van der Waals surface area contributed by atoms with Crippen LogP contribution in [-0.4, -0.2) is 63.4 Å². The molecule has 2 aliphatic rings. The highest BCUT2D eigenvalue weighted by Gasteiger charge is 2.27. The number of anilines is 1. The molecule has 0 radical (unpaired) electrons. The average Bonchev–Trinajstić information content (AvgIpc) is 3.16. The number of aromatic nitrogens is 4. The summed E-state index contributed by atoms with van der Waals surface area (Å²) >= 11 is 0. The number of aryl methyl sites for hydroxylation is 1. The van der Waals surface area contributed by atoms with Gasteiger partial charge in [-0.3, -0.25) is 5.10 Å². The van der Waals surface area contributed by atoms with E-state index in [9.17, 15) is 4.79 Å². The zero-order valence-electron chi connectivity index (χ0n) is 15.4. The summed E-state index contributed by atoms with van der Waals surface area (Å²) < 4.78 is 5.12. The van der Waals surface area contributed by atoms with Crippen LogP contribution in [0.4, 0.5) is 10.7 Å². The number of ether oxygens (including phenoxy) is 1. The van der Waals surface area contributed by atoms with Gasteiger partial charge in [0.05, 0.1) is 13.3 Å². The molecule has 0 saturated carbocycles. The van der Waals surface area contributed by atoms with Gasteiger partial charge in [-0.2, -0.15) is 10.1 Å². The van der Waals surface area contributed by atoms with Crippen molar-refractivity contribution in [3.05, 3.63) is 29.7 Å². The monoisotopic (exact) mass is 371 g/mol. The van der Waals surface area contributed by atoms with E-state index >= 15 is 0 Å². The Bertz CT molecular complexity index is 786. The highest BCUT2D eigenvalue weighted by Crippen LogP contribution is 2.20. The third-order valence-electron chi connectivity index (χ3n) is 5.30. The van der Waals surface area contributed by atoms with E-state index in [1.807, 2.05) is 11.1 Å². The van der Waals surface area contributed by atoms with Crippen LogP contribution in [0.1, 0.15) is 30.5 Å². The van der Waals surface area contributed by atoms with E-state index in [1.54, 1.807) is 19.4 Å². The van der Waals surface area contributed by atoms with Crippen LogP contribution in [0.25, 0.3) is 0 Å². The van der Waals surface area contributed by atoms with Crippen molar-refractivity contribution in [3.8, 4) is 5.88 Å². The molecule has 3 heterocycles. The van der Waals surface area contributed by atoms with Crippen molar-refractivity contribution < 1.29 is 9.53 Å². The van der Waals surface area contributed by atoms with E-state index in [2.05, 4.69) is 30.8 Å². The summed E-state index contributed by atoms with van der Waals surface area (Å²) in [6.07, 6.45) is 8.01. The molecule has 1 unspecified atom stereocenters. The number of fused-ring (bicyclic) bond motifs is 1. The number of nitrogens with zero attached hydrogens (tertiary/aromatic N) is 4. The second-order valence-corrected chi connectivity index (χ2v) is 7.09. The number of carbonyl (C=O) groups is 1. The Kier molecular flexibility index (Phi) is 5.08. The summed E-state index contributed by atoms with van der Waals surface area (Å²) in [5.41, 5.74) is 2.42. The molecule has 1 aliphatic heterocycles. The van der Waals surface area contributed by atoms with Gasteiger partial charge in [-0.1, -0.05) is 0 Å². The fourth-order valence-electron chi connectivity index (χ4n) is 3.74. The Morgan fingerprint density at radius 3 is 2.96 bits per heavy atom. The first-order valence-electron chi connectivity index (χ1n) is 9.41. The highest BCUT2D eigenvalue weighted by atomic mass is 16.5. The van der Waals surface area contributed by atoms with Crippen LogP contribution >= 0.6 is 0 Å². The maximum absolute atomic E-state index is 12.6. The van der Waals surface area contributed by atoms with Gasteiger partial charge in [0.25, 0.3) is 0 Å². The molecule has 144 valence electrons. The van der Waals surface area contributed by atoms with Crippen molar-refractivity contribution in [2.75, 3.05) is 25.5 Å². The van der Waals surface area contributed by atoms with Crippen LogP contribution in [0.3, 0.4) is 0 Å². The van der Waals surface area contributed by atoms with Gasteiger partial charge < -0.3 is 20.3 Å². The highest BCUT2D eigenvalue weighted by molar-refractivity contribution is 5.74. The van der Waals surface area contributed by atoms with Gasteiger partial charge in [0, 0.05) is 43.1 Å². The second-order valence-electron chi connectivity index (χ2n) is 7.09. The lowest BCUT2D eigenvalue weighted by atomic mass is 9.94. The molecule has 1 saturated heterocycles. The van der Waals surface area contributed by atoms with E-state index in [0.29, 0.717) is 11.8 Å². The lowest BCUT2D eigenvalue weighted by molar-refractivity contribution is 0.178. The summed E-state index contributed by atoms with van der Waals surface area (Å²) in [5, 5.41) is 13.6. The third-order valence-corrected chi connectivity index (χ3v) is 5.30. The zero-order valence-corrected chi connectivity index (χ0v) is 15.4. The Morgan fingerprint density at radius 1 is 1.30 bits per heavy atom. The normalized spacial score (nSPS) is 20.0. The number of nitrogens with one attached hydrogen (secondary N) is 3. The Balaban J connectivity index is 1.24. The van der Waals surface area contributed by atoms with Crippen LogP contribution in [-0.2, 0) is 12.8 Å². The number of rotatable bonds is 4. The van der Waals surface area contributed by atoms with E-state index in [-0.39, 0.29) is 18.1 Å². The van der Waals surface area contributed by atoms with Gasteiger partial charge in [0.2, 0.25) is 11.8 Å². The number of carbonyl (C=O) groups excluding carboxylic acids is 1. The standard InChI is InChI=1S/C18H25N7O2/c1-27-16-4-7-19-17(23-16)21-13-5-8-25(9-6-13)18(26)22-14-2-3-15-12(10-14)11-20-24-15/h4,7,11,13-14H,2-3,5-6,8-10H2,1H3,(H,20,24)(H,22,26)(H,19,21,23). The summed E-state index contributed by atoms with van der Waals surface area (Å²) in [7, 11) is 1.59. The Hall–Kier alpha value is -2.84. The number of amides is 2. The molecule has 1 aliphatic carbocycles. The fourth-order valence-corrected chi connectivity index (χ4v) is 3.74. The molecule has 3 N–H and O–H groups in total. The number of aromatic amines is 1. The number of hydrogen-bond donors (Lipinski definition) is 3. The van der Waals surface area contributed by atoms with Crippen molar-refractivity contribution in [2.24, 2.45) is 0 Å². The summed E-state index contributed by atoms with van der Waals surface area (Å²) in [5.74, 6) is 1.10. The number of H-pyrrole nitrogens is 1. The molecule has 1 atom stereocenters. The summed E-state index contributed by atoms with van der Waals surface area (Å²) in [4.78, 5) is 23.0. The minimum Gasteiger partial charge on any atom is -0.481 e. The SMILES string of the molecule is COc1ccnc(NC2CCN(C(=O)NC3CCc4[nH]ncc4C3)CC2)n1. The van der Waals surface area contributed by atoms with Gasteiger partial charge in [-0.05, 0) is 37.7 Å². The first-order valence-corrected chi connectivity index (χ1v) is 9.41. The van der Waals surface area contributed by atoms with Crippen molar-refractivity contribution in [2.45, 2.75) is 44.2 Å². The minimum atomic E-state index is 0.0306. The predicted octanol–water partition coefficient (Wildman–Crippen LogP) is 1.35. The molecular weight excluding hydrogens is 346 g/mol. The quantitative estimate of drug-likeness (QED) is 0.749. The van der Waals surface area contributed by atoms with Crippen molar-refractivity contribution in [1.82, 2.24) is 30.4 Å². The zero-order chi connectivity index (χ0) is 18.6. The molecular formula is C18H25N7O2. The molecule has 4 rings (SSSR count). The van der Waals surface area contributed by atoms with Gasteiger partial charge in [0.1, 0.15) is 0 Å².